The van der Waals surface area contributed by atoms with E-state index in [9.17, 15) is 4.39 Å². The molecule has 0 amide bonds. The Morgan fingerprint density at radius 1 is 1.45 bits per heavy atom. The minimum atomic E-state index is -0.295. The summed E-state index contributed by atoms with van der Waals surface area (Å²) in [7, 11) is 3.51. The molecule has 0 fully saturated rings. The van der Waals surface area contributed by atoms with Crippen LogP contribution in [0.25, 0.3) is 0 Å². The van der Waals surface area contributed by atoms with Gasteiger partial charge in [0.1, 0.15) is 5.82 Å². The molecule has 6 heteroatoms. The van der Waals surface area contributed by atoms with Crippen LogP contribution >= 0.6 is 22.9 Å². The Kier molecular flexibility index (Phi) is 5.48. The van der Waals surface area contributed by atoms with Crippen molar-refractivity contribution >= 4 is 22.9 Å². The van der Waals surface area contributed by atoms with Crippen LogP contribution in [0.15, 0.2) is 18.2 Å². The maximum Gasteiger partial charge on any atom is 0.128 e. The summed E-state index contributed by atoms with van der Waals surface area (Å²) in [5, 5.41) is 4.37. The second-order valence-corrected chi connectivity index (χ2v) is 5.89. The van der Waals surface area contributed by atoms with E-state index in [-0.39, 0.29) is 5.82 Å². The number of nitrogens with zero attached hydrogens (tertiary/aromatic N) is 1. The molecule has 3 nitrogen and oxygen atoms in total. The first-order valence-corrected chi connectivity index (χ1v) is 7.39. The third-order valence-corrected chi connectivity index (χ3v) is 4.28. The lowest BCUT2D eigenvalue weighted by atomic mass is 10.1. The predicted molar refractivity (Wildman–Crippen MR) is 79.8 cm³/mol. The molecule has 1 heterocycles. The van der Waals surface area contributed by atoms with E-state index in [1.165, 1.54) is 6.07 Å². The van der Waals surface area contributed by atoms with Gasteiger partial charge in [0, 0.05) is 35.5 Å². The van der Waals surface area contributed by atoms with Crippen molar-refractivity contribution in [2.24, 2.45) is 0 Å². The molecule has 0 saturated heterocycles. The molecule has 1 N–H and O–H groups in total. The van der Waals surface area contributed by atoms with Crippen molar-refractivity contribution in [1.29, 1.82) is 0 Å². The average molecular weight is 315 g/mol. The zero-order valence-electron chi connectivity index (χ0n) is 11.4. The molecule has 0 atom stereocenters. The number of aromatic nitrogens is 1. The van der Waals surface area contributed by atoms with E-state index < -0.39 is 0 Å². The number of ether oxygens (including phenoxy) is 1. The molecule has 2 aromatic rings. The van der Waals surface area contributed by atoms with Crippen molar-refractivity contribution < 1.29 is 9.13 Å². The highest BCUT2D eigenvalue weighted by Gasteiger charge is 2.14. The van der Waals surface area contributed by atoms with Crippen molar-refractivity contribution in [3.63, 3.8) is 0 Å². The maximum atomic E-state index is 13.8. The molecule has 1 aromatic heterocycles. The second kappa shape index (κ2) is 7.13. The molecule has 0 aliphatic carbocycles. The van der Waals surface area contributed by atoms with Crippen LogP contribution in [0.2, 0.25) is 5.02 Å². The van der Waals surface area contributed by atoms with Crippen LogP contribution < -0.4 is 5.32 Å². The highest BCUT2D eigenvalue weighted by Crippen LogP contribution is 2.26. The maximum absolute atomic E-state index is 13.8. The minimum Gasteiger partial charge on any atom is -0.378 e. The SMILES string of the molecule is CNCc1sc(Cc2c(F)cccc2Cl)nc1COC. The molecule has 0 bridgehead atoms. The Balaban J connectivity index is 2.27. The fourth-order valence-electron chi connectivity index (χ4n) is 1.91. The predicted octanol–water partition coefficient (Wildman–Crippen LogP) is 3.39. The molecule has 20 heavy (non-hydrogen) atoms. The van der Waals surface area contributed by atoms with Gasteiger partial charge < -0.3 is 10.1 Å². The van der Waals surface area contributed by atoms with Gasteiger partial charge in [-0.2, -0.15) is 0 Å². The highest BCUT2D eigenvalue weighted by molar-refractivity contribution is 7.11. The second-order valence-electron chi connectivity index (χ2n) is 4.32. The molecule has 0 saturated carbocycles. The summed E-state index contributed by atoms with van der Waals surface area (Å²) in [5.41, 5.74) is 1.39. The van der Waals surface area contributed by atoms with Gasteiger partial charge in [-0.05, 0) is 19.2 Å². The molecule has 108 valence electrons. The topological polar surface area (TPSA) is 34.2 Å². The molecule has 2 rings (SSSR count). The number of benzene rings is 1. The molecular formula is C14H16ClFN2OS. The van der Waals surface area contributed by atoms with Crippen molar-refractivity contribution in [3.8, 4) is 0 Å². The molecular weight excluding hydrogens is 299 g/mol. The van der Waals surface area contributed by atoms with E-state index in [4.69, 9.17) is 16.3 Å². The van der Waals surface area contributed by atoms with Crippen LogP contribution in [-0.2, 0) is 24.3 Å². The van der Waals surface area contributed by atoms with Gasteiger partial charge in [-0.1, -0.05) is 17.7 Å². The van der Waals surface area contributed by atoms with E-state index in [2.05, 4.69) is 10.3 Å². The van der Waals surface area contributed by atoms with E-state index >= 15 is 0 Å². The van der Waals surface area contributed by atoms with Crippen LogP contribution in [0.4, 0.5) is 4.39 Å². The van der Waals surface area contributed by atoms with Gasteiger partial charge >= 0.3 is 0 Å². The standard InChI is InChI=1S/C14H16ClFN2OS/c1-17-7-13-12(8-19-2)18-14(20-13)6-9-10(15)4-3-5-11(9)16/h3-5,17H,6-8H2,1-2H3. The number of rotatable bonds is 6. The summed E-state index contributed by atoms with van der Waals surface area (Å²) in [6.07, 6.45) is 0.399. The molecule has 0 aliphatic heterocycles. The zero-order valence-corrected chi connectivity index (χ0v) is 12.9. The minimum absolute atomic E-state index is 0.295. The largest absolute Gasteiger partial charge is 0.378 e. The fourth-order valence-corrected chi connectivity index (χ4v) is 3.24. The van der Waals surface area contributed by atoms with Gasteiger partial charge in [0.15, 0.2) is 0 Å². The summed E-state index contributed by atoms with van der Waals surface area (Å²) < 4.78 is 18.9. The van der Waals surface area contributed by atoms with E-state index in [0.717, 1.165) is 22.1 Å². The Hall–Kier alpha value is -1.01. The highest BCUT2D eigenvalue weighted by atomic mass is 35.5. The van der Waals surface area contributed by atoms with Gasteiger partial charge in [0.2, 0.25) is 0 Å². The number of halogens is 2. The summed E-state index contributed by atoms with van der Waals surface area (Å²) in [6.45, 7) is 1.18. The van der Waals surface area contributed by atoms with E-state index in [1.54, 1.807) is 30.6 Å². The fraction of sp³-hybridized carbons (Fsp3) is 0.357. The number of methoxy groups -OCH3 is 1. The van der Waals surface area contributed by atoms with Crippen molar-refractivity contribution in [2.75, 3.05) is 14.2 Å². The number of hydrogen-bond donors (Lipinski definition) is 1. The summed E-state index contributed by atoms with van der Waals surface area (Å²) in [6, 6.07) is 4.71. The van der Waals surface area contributed by atoms with E-state index in [0.29, 0.717) is 23.6 Å². The summed E-state index contributed by atoms with van der Waals surface area (Å²) in [4.78, 5) is 5.63. The third-order valence-electron chi connectivity index (χ3n) is 2.83. The lowest BCUT2D eigenvalue weighted by Gasteiger charge is -2.02. The molecule has 0 radical (unpaired) electrons. The van der Waals surface area contributed by atoms with E-state index in [1.807, 2.05) is 7.05 Å². The number of nitrogens with one attached hydrogen (secondary N) is 1. The van der Waals surface area contributed by atoms with Crippen LogP contribution in [0, 0.1) is 5.82 Å². The van der Waals surface area contributed by atoms with Crippen molar-refractivity contribution in [2.45, 2.75) is 19.6 Å². The first kappa shape index (κ1) is 15.4. The lowest BCUT2D eigenvalue weighted by Crippen LogP contribution is -2.06. The molecule has 0 unspecified atom stereocenters. The zero-order chi connectivity index (χ0) is 14.5. The molecule has 1 aromatic carbocycles. The quantitative estimate of drug-likeness (QED) is 0.887. The van der Waals surface area contributed by atoms with Gasteiger partial charge in [-0.25, -0.2) is 9.37 Å². The van der Waals surface area contributed by atoms with Crippen molar-refractivity contribution in [3.05, 3.63) is 50.2 Å². The smallest absolute Gasteiger partial charge is 0.128 e. The monoisotopic (exact) mass is 314 g/mol. The van der Waals surface area contributed by atoms with Crippen LogP contribution in [-0.4, -0.2) is 19.1 Å². The number of hydrogen-bond acceptors (Lipinski definition) is 4. The van der Waals surface area contributed by atoms with Gasteiger partial charge in [-0.15, -0.1) is 11.3 Å². The van der Waals surface area contributed by atoms with Gasteiger partial charge in [-0.3, -0.25) is 0 Å². The number of thiazole rings is 1. The van der Waals surface area contributed by atoms with Gasteiger partial charge in [0.25, 0.3) is 0 Å². The normalized spacial score (nSPS) is 11.0. The average Bonchev–Trinajstić information content (AvgIpc) is 2.77. The molecule has 0 aliphatic rings. The first-order chi connectivity index (χ1) is 9.65. The Bertz CT molecular complexity index is 545. The summed E-state index contributed by atoms with van der Waals surface area (Å²) in [5.74, 6) is -0.295. The van der Waals surface area contributed by atoms with Crippen molar-refractivity contribution in [1.82, 2.24) is 10.3 Å². The van der Waals surface area contributed by atoms with Crippen LogP contribution in [0.1, 0.15) is 21.1 Å². The van der Waals surface area contributed by atoms with Crippen LogP contribution in [0.3, 0.4) is 0 Å². The lowest BCUT2D eigenvalue weighted by molar-refractivity contribution is 0.181. The first-order valence-electron chi connectivity index (χ1n) is 6.19. The van der Waals surface area contributed by atoms with Gasteiger partial charge in [0.05, 0.1) is 17.3 Å². The summed E-state index contributed by atoms with van der Waals surface area (Å²) >= 11 is 7.61. The van der Waals surface area contributed by atoms with Crippen LogP contribution in [0.5, 0.6) is 0 Å². The Morgan fingerprint density at radius 3 is 2.90 bits per heavy atom. The molecule has 0 spiro atoms. The Labute approximate surface area is 126 Å². The Morgan fingerprint density at radius 2 is 2.25 bits per heavy atom. The third kappa shape index (κ3) is 3.55.